The molecule has 5 heteroatoms. The number of thiophene rings is 1. The summed E-state index contributed by atoms with van der Waals surface area (Å²) in [7, 11) is 0. The van der Waals surface area contributed by atoms with Gasteiger partial charge in [0.2, 0.25) is 0 Å². The normalized spacial score (nSPS) is 12.2. The number of carbonyl (C=O) groups excluding carboxylic acids is 1. The Morgan fingerprint density at radius 2 is 2.05 bits per heavy atom. The van der Waals surface area contributed by atoms with Crippen LogP contribution in [-0.2, 0) is 11.2 Å². The number of carboxylic acid groups (broad SMARTS) is 1. The molecule has 0 aliphatic heterocycles. The lowest BCUT2D eigenvalue weighted by molar-refractivity contribution is -0.138. The van der Waals surface area contributed by atoms with Crippen molar-refractivity contribution in [3.63, 3.8) is 0 Å². The number of carbonyl (C=O) groups is 2. The standard InChI is InChI=1S/C14H21NO3S/c1-5-9(3)15(8-13(16)17)14(18)12-7-11(6-2)10(4)19-12/h7,9H,5-6,8H2,1-4H3,(H,16,17). The molecule has 1 heterocycles. The van der Waals surface area contributed by atoms with E-state index in [2.05, 4.69) is 0 Å². The first-order valence-electron chi connectivity index (χ1n) is 6.52. The van der Waals surface area contributed by atoms with Crippen LogP contribution in [0.25, 0.3) is 0 Å². The molecule has 0 spiro atoms. The molecule has 0 saturated heterocycles. The van der Waals surface area contributed by atoms with E-state index in [0.717, 1.165) is 23.3 Å². The molecule has 1 N–H and O–H groups in total. The van der Waals surface area contributed by atoms with Gasteiger partial charge >= 0.3 is 5.97 Å². The van der Waals surface area contributed by atoms with Crippen molar-refractivity contribution in [1.82, 2.24) is 4.90 Å². The van der Waals surface area contributed by atoms with E-state index in [4.69, 9.17) is 5.11 Å². The fraction of sp³-hybridized carbons (Fsp3) is 0.571. The maximum Gasteiger partial charge on any atom is 0.323 e. The molecule has 19 heavy (non-hydrogen) atoms. The molecular formula is C14H21NO3S. The number of aliphatic carboxylic acids is 1. The SMILES string of the molecule is CCc1cc(C(=O)N(CC(=O)O)C(C)CC)sc1C. The second-order valence-corrected chi connectivity index (χ2v) is 5.89. The minimum Gasteiger partial charge on any atom is -0.480 e. The Balaban J connectivity index is 3.00. The van der Waals surface area contributed by atoms with Crippen molar-refractivity contribution in [3.05, 3.63) is 21.4 Å². The minimum atomic E-state index is -0.974. The fourth-order valence-electron chi connectivity index (χ4n) is 1.91. The summed E-state index contributed by atoms with van der Waals surface area (Å²) in [6, 6.07) is 1.82. The third kappa shape index (κ3) is 3.80. The van der Waals surface area contributed by atoms with Gasteiger partial charge < -0.3 is 10.0 Å². The van der Waals surface area contributed by atoms with Crippen LogP contribution in [0.3, 0.4) is 0 Å². The van der Waals surface area contributed by atoms with Gasteiger partial charge in [-0.25, -0.2) is 0 Å². The van der Waals surface area contributed by atoms with Gasteiger partial charge in [-0.1, -0.05) is 13.8 Å². The van der Waals surface area contributed by atoms with Crippen molar-refractivity contribution in [2.75, 3.05) is 6.54 Å². The molecule has 0 aliphatic rings. The summed E-state index contributed by atoms with van der Waals surface area (Å²) in [5.74, 6) is -1.15. The first-order chi connectivity index (χ1) is 8.90. The molecule has 1 rings (SSSR count). The van der Waals surface area contributed by atoms with Gasteiger partial charge in [0.25, 0.3) is 5.91 Å². The molecular weight excluding hydrogens is 262 g/mol. The lowest BCUT2D eigenvalue weighted by atomic mass is 10.1. The van der Waals surface area contributed by atoms with Gasteiger partial charge in [-0.2, -0.15) is 0 Å². The Bertz CT molecular complexity index is 467. The summed E-state index contributed by atoms with van der Waals surface area (Å²) in [5.41, 5.74) is 1.16. The maximum absolute atomic E-state index is 12.4. The third-order valence-corrected chi connectivity index (χ3v) is 4.38. The van der Waals surface area contributed by atoms with Crippen LogP contribution >= 0.6 is 11.3 Å². The maximum atomic E-state index is 12.4. The molecule has 0 saturated carbocycles. The Morgan fingerprint density at radius 1 is 1.42 bits per heavy atom. The number of carboxylic acids is 1. The van der Waals surface area contributed by atoms with Crippen molar-refractivity contribution in [3.8, 4) is 0 Å². The van der Waals surface area contributed by atoms with Crippen LogP contribution in [0, 0.1) is 6.92 Å². The largest absolute Gasteiger partial charge is 0.480 e. The first kappa shape index (κ1) is 15.7. The summed E-state index contributed by atoms with van der Waals surface area (Å²) in [6.45, 7) is 7.62. The highest BCUT2D eigenvalue weighted by molar-refractivity contribution is 7.14. The summed E-state index contributed by atoms with van der Waals surface area (Å²) < 4.78 is 0. The molecule has 1 unspecified atom stereocenters. The summed E-state index contributed by atoms with van der Waals surface area (Å²) in [6.07, 6.45) is 1.63. The van der Waals surface area contributed by atoms with Crippen LogP contribution in [0.2, 0.25) is 0 Å². The van der Waals surface area contributed by atoms with E-state index in [1.807, 2.05) is 33.8 Å². The molecule has 106 valence electrons. The highest BCUT2D eigenvalue weighted by Gasteiger charge is 2.24. The smallest absolute Gasteiger partial charge is 0.323 e. The van der Waals surface area contributed by atoms with Crippen molar-refractivity contribution in [2.45, 2.75) is 46.6 Å². The molecule has 1 aromatic heterocycles. The topological polar surface area (TPSA) is 57.6 Å². The molecule has 0 fully saturated rings. The van der Waals surface area contributed by atoms with Crippen molar-refractivity contribution >= 4 is 23.2 Å². The Kier molecular flexibility index (Phi) is 5.54. The van der Waals surface area contributed by atoms with Crippen LogP contribution < -0.4 is 0 Å². The van der Waals surface area contributed by atoms with E-state index < -0.39 is 5.97 Å². The number of aryl methyl sites for hydroxylation is 2. The monoisotopic (exact) mass is 283 g/mol. The van der Waals surface area contributed by atoms with Gasteiger partial charge in [0.15, 0.2) is 0 Å². The van der Waals surface area contributed by atoms with Gasteiger partial charge in [0.1, 0.15) is 6.54 Å². The van der Waals surface area contributed by atoms with E-state index in [1.165, 1.54) is 16.2 Å². The Hall–Kier alpha value is -1.36. The average molecular weight is 283 g/mol. The van der Waals surface area contributed by atoms with Crippen molar-refractivity contribution in [2.24, 2.45) is 0 Å². The van der Waals surface area contributed by atoms with Crippen LogP contribution in [-0.4, -0.2) is 34.5 Å². The third-order valence-electron chi connectivity index (χ3n) is 3.30. The highest BCUT2D eigenvalue weighted by atomic mass is 32.1. The number of amides is 1. The zero-order valence-corrected chi connectivity index (χ0v) is 12.7. The van der Waals surface area contributed by atoms with Gasteiger partial charge in [-0.3, -0.25) is 9.59 Å². The van der Waals surface area contributed by atoms with E-state index in [1.54, 1.807) is 0 Å². The molecule has 1 amide bonds. The lowest BCUT2D eigenvalue weighted by Gasteiger charge is -2.26. The van der Waals surface area contributed by atoms with E-state index in [-0.39, 0.29) is 18.5 Å². The number of nitrogens with zero attached hydrogens (tertiary/aromatic N) is 1. The summed E-state index contributed by atoms with van der Waals surface area (Å²) >= 11 is 1.45. The van der Waals surface area contributed by atoms with Crippen LogP contribution in [0.4, 0.5) is 0 Å². The molecule has 0 radical (unpaired) electrons. The predicted molar refractivity (Wildman–Crippen MR) is 76.9 cm³/mol. The lowest BCUT2D eigenvalue weighted by Crippen LogP contribution is -2.41. The van der Waals surface area contributed by atoms with E-state index in [9.17, 15) is 9.59 Å². The predicted octanol–water partition coefficient (Wildman–Crippen LogP) is 2.94. The first-order valence-corrected chi connectivity index (χ1v) is 7.34. The number of hydrogen-bond donors (Lipinski definition) is 1. The van der Waals surface area contributed by atoms with Crippen molar-refractivity contribution in [1.29, 1.82) is 0 Å². The molecule has 1 aromatic rings. The number of hydrogen-bond acceptors (Lipinski definition) is 3. The van der Waals surface area contributed by atoms with E-state index >= 15 is 0 Å². The van der Waals surface area contributed by atoms with Crippen molar-refractivity contribution < 1.29 is 14.7 Å². The average Bonchev–Trinajstić information content (AvgIpc) is 2.75. The number of rotatable bonds is 6. The van der Waals surface area contributed by atoms with Gasteiger partial charge in [-0.05, 0) is 38.3 Å². The van der Waals surface area contributed by atoms with Crippen LogP contribution in [0.1, 0.15) is 47.3 Å². The molecule has 0 aromatic carbocycles. The zero-order chi connectivity index (χ0) is 14.6. The quantitative estimate of drug-likeness (QED) is 0.873. The minimum absolute atomic E-state index is 0.0731. The Morgan fingerprint density at radius 3 is 2.47 bits per heavy atom. The Labute approximate surface area is 118 Å². The second-order valence-electron chi connectivity index (χ2n) is 4.63. The fourth-order valence-corrected chi connectivity index (χ4v) is 2.98. The molecule has 0 aliphatic carbocycles. The summed E-state index contributed by atoms with van der Waals surface area (Å²) in [4.78, 5) is 26.5. The van der Waals surface area contributed by atoms with Gasteiger partial charge in [-0.15, -0.1) is 11.3 Å². The van der Waals surface area contributed by atoms with Crippen LogP contribution in [0.5, 0.6) is 0 Å². The molecule has 4 nitrogen and oxygen atoms in total. The highest BCUT2D eigenvalue weighted by Crippen LogP contribution is 2.24. The van der Waals surface area contributed by atoms with E-state index in [0.29, 0.717) is 4.88 Å². The molecule has 1 atom stereocenters. The van der Waals surface area contributed by atoms with Gasteiger partial charge in [0.05, 0.1) is 4.88 Å². The van der Waals surface area contributed by atoms with Gasteiger partial charge in [0, 0.05) is 10.9 Å². The van der Waals surface area contributed by atoms with Crippen LogP contribution in [0.15, 0.2) is 6.07 Å². The zero-order valence-electron chi connectivity index (χ0n) is 11.9. The molecule has 0 bridgehead atoms. The summed E-state index contributed by atoms with van der Waals surface area (Å²) in [5, 5.41) is 8.94. The second kappa shape index (κ2) is 6.70.